The number of nitrogens with zero attached hydrogens (tertiary/aromatic N) is 4. The molecular formula is C20H21N5O5. The molecule has 10 nitrogen and oxygen atoms in total. The van der Waals surface area contributed by atoms with E-state index in [4.69, 9.17) is 14.2 Å². The summed E-state index contributed by atoms with van der Waals surface area (Å²) in [6, 6.07) is 8.84. The van der Waals surface area contributed by atoms with Crippen LogP contribution in [0.3, 0.4) is 0 Å². The Balaban J connectivity index is 1.47. The van der Waals surface area contributed by atoms with Crippen molar-refractivity contribution in [1.82, 2.24) is 19.5 Å². The van der Waals surface area contributed by atoms with Gasteiger partial charge in [-0.25, -0.2) is 15.0 Å². The third-order valence-corrected chi connectivity index (χ3v) is 5.21. The van der Waals surface area contributed by atoms with E-state index in [2.05, 4.69) is 20.3 Å². The Morgan fingerprint density at radius 3 is 2.70 bits per heavy atom. The van der Waals surface area contributed by atoms with Crippen LogP contribution in [0.1, 0.15) is 30.4 Å². The number of benzene rings is 1. The number of carbonyl (C=O) groups excluding carboxylic acids is 1. The van der Waals surface area contributed by atoms with Crippen LogP contribution in [-0.2, 0) is 14.2 Å². The summed E-state index contributed by atoms with van der Waals surface area (Å²) in [7, 11) is 0. The number of anilines is 1. The highest BCUT2D eigenvalue weighted by atomic mass is 16.8. The zero-order chi connectivity index (χ0) is 20.9. The number of nitrogens with one attached hydrogen (secondary N) is 1. The number of carbonyl (C=O) groups is 1. The van der Waals surface area contributed by atoms with Crippen LogP contribution < -0.4 is 5.32 Å². The lowest BCUT2D eigenvalue weighted by Gasteiger charge is -2.24. The van der Waals surface area contributed by atoms with Crippen molar-refractivity contribution < 1.29 is 24.1 Å². The second-order valence-corrected chi connectivity index (χ2v) is 7.68. The molecule has 0 spiro atoms. The number of aromatic nitrogens is 4. The largest absolute Gasteiger partial charge is 0.394 e. The van der Waals surface area contributed by atoms with E-state index in [1.165, 1.54) is 6.33 Å². The molecule has 2 aliphatic heterocycles. The number of fused-ring (bicyclic) bond motifs is 2. The summed E-state index contributed by atoms with van der Waals surface area (Å²) in [5.41, 5.74) is 1.41. The Kier molecular flexibility index (Phi) is 4.51. The molecule has 2 aromatic heterocycles. The Morgan fingerprint density at radius 2 is 1.93 bits per heavy atom. The van der Waals surface area contributed by atoms with Crippen molar-refractivity contribution in [3.63, 3.8) is 0 Å². The van der Waals surface area contributed by atoms with Crippen molar-refractivity contribution in [2.45, 2.75) is 44.2 Å². The van der Waals surface area contributed by atoms with Gasteiger partial charge in [-0.05, 0) is 26.0 Å². The molecule has 30 heavy (non-hydrogen) atoms. The third kappa shape index (κ3) is 3.14. The number of aliphatic hydroxyl groups is 1. The molecule has 1 amide bonds. The minimum atomic E-state index is -0.787. The lowest BCUT2D eigenvalue weighted by Crippen LogP contribution is -2.31. The van der Waals surface area contributed by atoms with Gasteiger partial charge in [0.1, 0.15) is 24.6 Å². The molecular weight excluding hydrogens is 390 g/mol. The smallest absolute Gasteiger partial charge is 0.256 e. The summed E-state index contributed by atoms with van der Waals surface area (Å²) in [5, 5.41) is 12.5. The van der Waals surface area contributed by atoms with Crippen molar-refractivity contribution in [3.05, 3.63) is 48.5 Å². The van der Waals surface area contributed by atoms with Gasteiger partial charge < -0.3 is 24.6 Å². The van der Waals surface area contributed by atoms with Crippen molar-refractivity contribution in [2.75, 3.05) is 11.9 Å². The van der Waals surface area contributed by atoms with Gasteiger partial charge in [-0.3, -0.25) is 9.36 Å². The van der Waals surface area contributed by atoms with Crippen LogP contribution in [0.4, 0.5) is 5.82 Å². The van der Waals surface area contributed by atoms with Gasteiger partial charge in [0.05, 0.1) is 12.9 Å². The maximum Gasteiger partial charge on any atom is 0.256 e. The fourth-order valence-electron chi connectivity index (χ4n) is 3.93. The second kappa shape index (κ2) is 7.10. The van der Waals surface area contributed by atoms with Crippen LogP contribution in [-0.4, -0.2) is 61.2 Å². The molecule has 2 N–H and O–H groups in total. The molecule has 0 bridgehead atoms. The van der Waals surface area contributed by atoms with E-state index in [9.17, 15) is 9.90 Å². The lowest BCUT2D eigenvalue weighted by molar-refractivity contribution is -0.199. The molecule has 2 aliphatic rings. The molecule has 2 fully saturated rings. The maximum absolute atomic E-state index is 12.5. The summed E-state index contributed by atoms with van der Waals surface area (Å²) >= 11 is 0. The molecule has 2 saturated heterocycles. The highest BCUT2D eigenvalue weighted by molar-refractivity contribution is 6.06. The minimum absolute atomic E-state index is 0.197. The van der Waals surface area contributed by atoms with Crippen LogP contribution in [0.2, 0.25) is 0 Å². The van der Waals surface area contributed by atoms with Crippen molar-refractivity contribution in [1.29, 1.82) is 0 Å². The first kappa shape index (κ1) is 19.1. The van der Waals surface area contributed by atoms with E-state index in [0.29, 0.717) is 22.5 Å². The molecule has 3 aromatic rings. The van der Waals surface area contributed by atoms with Crippen molar-refractivity contribution in [3.8, 4) is 0 Å². The normalized spacial score (nSPS) is 27.3. The van der Waals surface area contributed by atoms with Crippen molar-refractivity contribution >= 4 is 22.9 Å². The van der Waals surface area contributed by atoms with Gasteiger partial charge in [0.15, 0.2) is 29.0 Å². The van der Waals surface area contributed by atoms with E-state index in [0.717, 1.165) is 0 Å². The van der Waals surface area contributed by atoms with Crippen LogP contribution in [0.25, 0.3) is 11.2 Å². The van der Waals surface area contributed by atoms with Gasteiger partial charge in [-0.15, -0.1) is 0 Å². The predicted octanol–water partition coefficient (Wildman–Crippen LogP) is 1.49. The first-order valence-electron chi connectivity index (χ1n) is 9.63. The molecule has 0 saturated carbocycles. The summed E-state index contributed by atoms with van der Waals surface area (Å²) in [6.45, 7) is 3.45. The summed E-state index contributed by atoms with van der Waals surface area (Å²) in [4.78, 5) is 25.4. The summed E-state index contributed by atoms with van der Waals surface area (Å²) in [6.07, 6.45) is 0.948. The second-order valence-electron chi connectivity index (χ2n) is 7.68. The molecule has 156 valence electrons. The fraction of sp³-hybridized carbons (Fsp3) is 0.400. The van der Waals surface area contributed by atoms with E-state index >= 15 is 0 Å². The molecule has 0 unspecified atom stereocenters. The number of rotatable bonds is 4. The molecule has 1 aromatic carbocycles. The Bertz CT molecular complexity index is 1090. The van der Waals surface area contributed by atoms with E-state index in [1.807, 2.05) is 19.9 Å². The highest BCUT2D eigenvalue weighted by Gasteiger charge is 2.56. The number of aliphatic hydroxyl groups excluding tert-OH is 1. The predicted molar refractivity (Wildman–Crippen MR) is 105 cm³/mol. The molecule has 5 rings (SSSR count). The van der Waals surface area contributed by atoms with Gasteiger partial charge in [0.25, 0.3) is 5.91 Å². The molecule has 0 radical (unpaired) electrons. The summed E-state index contributed by atoms with van der Waals surface area (Å²) < 4.78 is 19.6. The SMILES string of the molecule is CC1(C)O[C@@H]2[C@H](O1)[C@H](CO)O[C@H]2n1cnc2c(NC(=O)c3ccccc3)ncnc21. The van der Waals surface area contributed by atoms with Crippen LogP contribution >= 0.6 is 0 Å². The maximum atomic E-state index is 12.5. The van der Waals surface area contributed by atoms with Gasteiger partial charge in [0, 0.05) is 5.56 Å². The minimum Gasteiger partial charge on any atom is -0.394 e. The topological polar surface area (TPSA) is 121 Å². The number of hydrogen-bond acceptors (Lipinski definition) is 8. The number of imidazole rings is 1. The number of ether oxygens (including phenoxy) is 3. The average Bonchev–Trinajstić information content (AvgIpc) is 3.39. The summed E-state index contributed by atoms with van der Waals surface area (Å²) in [5.74, 6) is -0.785. The van der Waals surface area contributed by atoms with Gasteiger partial charge in [0.2, 0.25) is 0 Å². The first-order chi connectivity index (χ1) is 14.5. The Morgan fingerprint density at radius 1 is 1.17 bits per heavy atom. The quantitative estimate of drug-likeness (QED) is 0.662. The van der Waals surface area contributed by atoms with E-state index in [-0.39, 0.29) is 12.5 Å². The molecule has 4 atom stereocenters. The van der Waals surface area contributed by atoms with Crippen LogP contribution in [0.15, 0.2) is 43.0 Å². The van der Waals surface area contributed by atoms with Gasteiger partial charge in [-0.2, -0.15) is 0 Å². The Hall–Kier alpha value is -2.92. The lowest BCUT2D eigenvalue weighted by atomic mass is 10.1. The van der Waals surface area contributed by atoms with Gasteiger partial charge in [-0.1, -0.05) is 18.2 Å². The van der Waals surface area contributed by atoms with Crippen molar-refractivity contribution in [2.24, 2.45) is 0 Å². The average molecular weight is 411 g/mol. The highest BCUT2D eigenvalue weighted by Crippen LogP contribution is 2.43. The van der Waals surface area contributed by atoms with E-state index < -0.39 is 30.3 Å². The van der Waals surface area contributed by atoms with Gasteiger partial charge >= 0.3 is 0 Å². The van der Waals surface area contributed by atoms with E-state index in [1.54, 1.807) is 35.2 Å². The zero-order valence-corrected chi connectivity index (χ0v) is 16.4. The number of amides is 1. The third-order valence-electron chi connectivity index (χ3n) is 5.21. The van der Waals surface area contributed by atoms with Crippen LogP contribution in [0.5, 0.6) is 0 Å². The Labute approximate surface area is 171 Å². The molecule has 4 heterocycles. The monoisotopic (exact) mass is 411 g/mol. The number of hydrogen-bond donors (Lipinski definition) is 2. The zero-order valence-electron chi connectivity index (χ0n) is 16.4. The first-order valence-corrected chi connectivity index (χ1v) is 9.63. The standard InChI is InChI=1S/C20H21N5O5/c1-20(2)29-14-12(8-26)28-19(15(14)30-20)25-10-23-13-16(21-9-22-17(13)25)24-18(27)11-6-4-3-5-7-11/h3-7,9-10,12,14-15,19,26H,8H2,1-2H3,(H,21,22,24,27)/t12-,14+,15+,19+/m0/s1. The fourth-order valence-corrected chi connectivity index (χ4v) is 3.93. The molecule has 10 heteroatoms. The van der Waals surface area contributed by atoms with Crippen LogP contribution in [0, 0.1) is 0 Å². The molecule has 0 aliphatic carbocycles.